The molecular weight excluding hydrogens is 146 g/mol. The summed E-state index contributed by atoms with van der Waals surface area (Å²) in [6.07, 6.45) is 2.50. The number of nitrogens with zero attached hydrogens (tertiary/aromatic N) is 1. The van der Waals surface area contributed by atoms with Crippen molar-refractivity contribution in [2.24, 2.45) is 0 Å². The Balaban J connectivity index is 2.69. The quantitative estimate of drug-likeness (QED) is 0.619. The van der Waals surface area contributed by atoms with Crippen molar-refractivity contribution in [3.63, 3.8) is 0 Å². The molecule has 0 atom stereocenters. The minimum atomic E-state index is -1.20. The molecule has 4 heteroatoms. The molecule has 2 amide bonds. The van der Waals surface area contributed by atoms with Gasteiger partial charge in [-0.2, -0.15) is 0 Å². The Labute approximate surface area is 64.8 Å². The van der Waals surface area contributed by atoms with Crippen molar-refractivity contribution in [1.82, 2.24) is 4.90 Å². The van der Waals surface area contributed by atoms with E-state index in [1.807, 2.05) is 6.92 Å². The van der Waals surface area contributed by atoms with Gasteiger partial charge in [-0.25, -0.2) is 9.69 Å². The monoisotopic (exact) mass is 156 g/mol. The van der Waals surface area contributed by atoms with E-state index >= 15 is 0 Å². The van der Waals surface area contributed by atoms with Crippen molar-refractivity contribution in [1.29, 1.82) is 0 Å². The molecule has 1 aliphatic rings. The molecule has 11 heavy (non-hydrogen) atoms. The Morgan fingerprint density at radius 3 is 2.36 bits per heavy atom. The summed E-state index contributed by atoms with van der Waals surface area (Å²) in [5.74, 6) is 0. The first-order valence-corrected chi connectivity index (χ1v) is 3.57. The molecule has 1 saturated carbocycles. The average Bonchev–Trinajstić information content (AvgIpc) is 2.70. The lowest BCUT2D eigenvalue weighted by atomic mass is 10.2. The summed E-state index contributed by atoms with van der Waals surface area (Å²) in [6, 6.07) is 0. The highest BCUT2D eigenvalue weighted by atomic mass is 16.4. The van der Waals surface area contributed by atoms with Crippen LogP contribution in [0.5, 0.6) is 0 Å². The molecule has 1 rings (SSSR count). The van der Waals surface area contributed by atoms with Crippen LogP contribution in [0.15, 0.2) is 0 Å². The van der Waals surface area contributed by atoms with E-state index < -0.39 is 11.6 Å². The zero-order valence-electron chi connectivity index (χ0n) is 6.33. The predicted molar refractivity (Wildman–Crippen MR) is 37.8 cm³/mol. The fraction of sp³-hybridized carbons (Fsp3) is 0.714. The van der Waals surface area contributed by atoms with Crippen molar-refractivity contribution >= 4 is 12.5 Å². The highest BCUT2D eigenvalue weighted by molar-refractivity contribution is 5.80. The molecule has 1 aliphatic carbocycles. The van der Waals surface area contributed by atoms with Crippen LogP contribution in [0.25, 0.3) is 0 Å². The first-order chi connectivity index (χ1) is 5.16. The number of imide groups is 1. The number of rotatable bonds is 3. The summed E-state index contributed by atoms with van der Waals surface area (Å²) >= 11 is 0. The maximum Gasteiger partial charge on any atom is 0.415 e. The third-order valence-electron chi connectivity index (χ3n) is 2.24. The van der Waals surface area contributed by atoms with Gasteiger partial charge in [0.15, 0.2) is 0 Å². The zero-order valence-corrected chi connectivity index (χ0v) is 6.33. The molecule has 0 aliphatic heterocycles. The molecule has 4 nitrogen and oxygen atoms in total. The minimum Gasteiger partial charge on any atom is -0.465 e. The fourth-order valence-electron chi connectivity index (χ4n) is 1.22. The topological polar surface area (TPSA) is 57.6 Å². The number of hydrogen-bond acceptors (Lipinski definition) is 2. The van der Waals surface area contributed by atoms with Crippen molar-refractivity contribution in [3.05, 3.63) is 0 Å². The Bertz CT molecular complexity index is 186. The van der Waals surface area contributed by atoms with Crippen molar-refractivity contribution in [2.75, 3.05) is 0 Å². The van der Waals surface area contributed by atoms with Crippen LogP contribution in [0.4, 0.5) is 4.79 Å². The summed E-state index contributed by atoms with van der Waals surface area (Å²) in [5, 5.41) is 8.54. The fourth-order valence-corrected chi connectivity index (χ4v) is 1.22. The van der Waals surface area contributed by atoms with Gasteiger partial charge in [0.1, 0.15) is 0 Å². The summed E-state index contributed by atoms with van der Waals surface area (Å²) in [5.41, 5.74) is -0.409. The third-order valence-corrected chi connectivity index (χ3v) is 2.24. The number of amides is 2. The molecule has 0 heterocycles. The van der Waals surface area contributed by atoms with Crippen LogP contribution in [-0.4, -0.2) is 28.0 Å². The smallest absolute Gasteiger partial charge is 0.415 e. The van der Waals surface area contributed by atoms with E-state index in [-0.39, 0.29) is 0 Å². The van der Waals surface area contributed by atoms with Crippen LogP contribution in [0, 0.1) is 0 Å². The van der Waals surface area contributed by atoms with E-state index in [0.717, 1.165) is 17.7 Å². The van der Waals surface area contributed by atoms with Gasteiger partial charge in [0.2, 0.25) is 0 Å². The van der Waals surface area contributed by atoms with Crippen molar-refractivity contribution in [3.8, 4) is 0 Å². The van der Waals surface area contributed by atoms with Crippen molar-refractivity contribution in [2.45, 2.75) is 31.7 Å². The molecule has 1 N–H and O–H groups in total. The standard InChI is InChI=1S/C7H10NO3/c1-2-7(3-4-7)8(5-9)6(10)11/h2-4H2,1H3,(H,10,11). The van der Waals surface area contributed by atoms with Crippen LogP contribution in [0.1, 0.15) is 26.2 Å². The Kier molecular flexibility index (Phi) is 1.85. The van der Waals surface area contributed by atoms with Gasteiger partial charge in [0.05, 0.1) is 5.54 Å². The SMILES string of the molecule is CCC1(N([C]=O)C(=O)O)CC1. The molecule has 0 bridgehead atoms. The second kappa shape index (κ2) is 2.53. The molecule has 0 spiro atoms. The maximum absolute atomic E-state index is 10.4. The van der Waals surface area contributed by atoms with E-state index in [2.05, 4.69) is 0 Å². The number of carbonyl (C=O) groups excluding carboxylic acids is 1. The maximum atomic E-state index is 10.4. The lowest BCUT2D eigenvalue weighted by molar-refractivity contribution is 0.148. The molecule has 0 unspecified atom stereocenters. The van der Waals surface area contributed by atoms with E-state index in [4.69, 9.17) is 5.11 Å². The van der Waals surface area contributed by atoms with Crippen LogP contribution >= 0.6 is 0 Å². The largest absolute Gasteiger partial charge is 0.465 e. The lowest BCUT2D eigenvalue weighted by Gasteiger charge is -2.20. The second-order valence-electron chi connectivity index (χ2n) is 2.79. The molecule has 0 aromatic carbocycles. The highest BCUT2D eigenvalue weighted by Gasteiger charge is 2.49. The van der Waals surface area contributed by atoms with Gasteiger partial charge >= 0.3 is 12.5 Å². The summed E-state index contributed by atoms with van der Waals surface area (Å²) in [4.78, 5) is 21.4. The van der Waals surface area contributed by atoms with Gasteiger partial charge in [-0.3, -0.25) is 4.79 Å². The zero-order chi connectivity index (χ0) is 8.48. The lowest BCUT2D eigenvalue weighted by Crippen LogP contribution is -2.39. The normalized spacial score (nSPS) is 19.0. The van der Waals surface area contributed by atoms with Crippen LogP contribution < -0.4 is 0 Å². The predicted octanol–water partition coefficient (Wildman–Crippen LogP) is 0.976. The van der Waals surface area contributed by atoms with Gasteiger partial charge in [0, 0.05) is 0 Å². The van der Waals surface area contributed by atoms with Gasteiger partial charge in [0.25, 0.3) is 0 Å². The molecule has 1 radical (unpaired) electrons. The molecular formula is C7H10NO3. The Hall–Kier alpha value is -1.06. The summed E-state index contributed by atoms with van der Waals surface area (Å²) in [7, 11) is 0. The molecule has 0 aromatic heterocycles. The van der Waals surface area contributed by atoms with Gasteiger partial charge < -0.3 is 5.11 Å². The molecule has 1 fully saturated rings. The minimum absolute atomic E-state index is 0.409. The van der Waals surface area contributed by atoms with Crippen LogP contribution in [0.3, 0.4) is 0 Å². The summed E-state index contributed by atoms with van der Waals surface area (Å²) in [6.45, 7) is 1.88. The average molecular weight is 156 g/mol. The van der Waals surface area contributed by atoms with Gasteiger partial charge in [-0.15, -0.1) is 0 Å². The second-order valence-corrected chi connectivity index (χ2v) is 2.79. The van der Waals surface area contributed by atoms with Crippen LogP contribution in [-0.2, 0) is 4.79 Å². The van der Waals surface area contributed by atoms with E-state index in [1.165, 1.54) is 6.41 Å². The number of carboxylic acid groups (broad SMARTS) is 1. The molecule has 0 aromatic rings. The van der Waals surface area contributed by atoms with E-state index in [1.54, 1.807) is 0 Å². The van der Waals surface area contributed by atoms with Crippen molar-refractivity contribution < 1.29 is 14.7 Å². The van der Waals surface area contributed by atoms with Crippen LogP contribution in [0.2, 0.25) is 0 Å². The first-order valence-electron chi connectivity index (χ1n) is 3.57. The number of carbonyl (C=O) groups is 1. The molecule has 61 valence electrons. The molecule has 0 saturated heterocycles. The highest BCUT2D eigenvalue weighted by Crippen LogP contribution is 2.43. The summed E-state index contributed by atoms with van der Waals surface area (Å²) < 4.78 is 0. The third kappa shape index (κ3) is 1.20. The first kappa shape index (κ1) is 8.04. The number of hydrogen-bond donors (Lipinski definition) is 1. The Morgan fingerprint density at radius 1 is 1.73 bits per heavy atom. The van der Waals surface area contributed by atoms with Gasteiger partial charge in [-0.05, 0) is 19.3 Å². The van der Waals surface area contributed by atoms with Gasteiger partial charge in [-0.1, -0.05) is 6.92 Å². The van der Waals surface area contributed by atoms with E-state index in [9.17, 15) is 9.59 Å². The Morgan fingerprint density at radius 2 is 2.27 bits per heavy atom. The van der Waals surface area contributed by atoms with E-state index in [0.29, 0.717) is 6.42 Å².